The van der Waals surface area contributed by atoms with Crippen LogP contribution in [0.1, 0.15) is 46.5 Å². The topological polar surface area (TPSA) is 50.4 Å². The fraction of sp³-hybridized carbons (Fsp3) is 0.611. The Morgan fingerprint density at radius 3 is 2.65 bits per heavy atom. The van der Waals surface area contributed by atoms with Crippen molar-refractivity contribution in [2.75, 3.05) is 11.9 Å². The molecule has 1 saturated carbocycles. The summed E-state index contributed by atoms with van der Waals surface area (Å²) in [6.45, 7) is 6.23. The zero-order valence-corrected chi connectivity index (χ0v) is 15.0. The summed E-state index contributed by atoms with van der Waals surface area (Å²) in [7, 11) is 0. The molecule has 128 valence electrons. The van der Waals surface area contributed by atoms with E-state index < -0.39 is 5.60 Å². The predicted octanol–water partition coefficient (Wildman–Crippen LogP) is 4.84. The van der Waals surface area contributed by atoms with Crippen molar-refractivity contribution in [2.45, 2.75) is 58.1 Å². The molecule has 23 heavy (non-hydrogen) atoms. The van der Waals surface area contributed by atoms with E-state index in [4.69, 9.17) is 16.3 Å². The van der Waals surface area contributed by atoms with E-state index in [1.165, 1.54) is 12.8 Å². The van der Waals surface area contributed by atoms with Gasteiger partial charge in [0.15, 0.2) is 0 Å². The average Bonchev–Trinajstić information content (AvgIpc) is 2.47. The number of alkyl carbamates (subject to hydrolysis) is 1. The molecule has 2 N–H and O–H groups in total. The van der Waals surface area contributed by atoms with Crippen LogP contribution in [-0.4, -0.2) is 24.3 Å². The molecule has 4 nitrogen and oxygen atoms in total. The van der Waals surface area contributed by atoms with Crippen LogP contribution in [-0.2, 0) is 4.74 Å². The van der Waals surface area contributed by atoms with Crippen LogP contribution in [0.3, 0.4) is 0 Å². The molecule has 1 amide bonds. The number of ether oxygens (including phenoxy) is 1. The van der Waals surface area contributed by atoms with Gasteiger partial charge in [0.25, 0.3) is 0 Å². The molecule has 1 aliphatic rings. The highest BCUT2D eigenvalue weighted by Crippen LogP contribution is 2.29. The number of hydrogen-bond donors (Lipinski definition) is 2. The third kappa shape index (κ3) is 5.94. The van der Waals surface area contributed by atoms with Crippen molar-refractivity contribution in [2.24, 2.45) is 5.92 Å². The minimum Gasteiger partial charge on any atom is -0.444 e. The highest BCUT2D eigenvalue weighted by Gasteiger charge is 2.26. The van der Waals surface area contributed by atoms with Gasteiger partial charge in [0.2, 0.25) is 0 Å². The molecule has 1 fully saturated rings. The van der Waals surface area contributed by atoms with Crippen molar-refractivity contribution in [3.05, 3.63) is 29.3 Å². The molecule has 1 aromatic carbocycles. The van der Waals surface area contributed by atoms with Crippen LogP contribution < -0.4 is 10.6 Å². The molecule has 0 spiro atoms. The number of carbonyl (C=O) groups excluding carboxylic acids is 1. The first kappa shape index (κ1) is 17.9. The van der Waals surface area contributed by atoms with Gasteiger partial charge in [-0.15, -0.1) is 0 Å². The van der Waals surface area contributed by atoms with Gasteiger partial charge in [0.05, 0.1) is 10.7 Å². The maximum absolute atomic E-state index is 11.8. The molecule has 1 aliphatic carbocycles. The van der Waals surface area contributed by atoms with E-state index in [1.54, 1.807) is 0 Å². The Bertz CT molecular complexity index is 528. The second-order valence-corrected chi connectivity index (χ2v) is 7.57. The molecule has 2 atom stereocenters. The summed E-state index contributed by atoms with van der Waals surface area (Å²) in [6.07, 6.45) is 4.23. The molecular formula is C18H27ClN2O2. The minimum absolute atomic E-state index is 0.318. The summed E-state index contributed by atoms with van der Waals surface area (Å²) >= 11 is 6.24. The Morgan fingerprint density at radius 2 is 1.96 bits per heavy atom. The molecule has 2 unspecified atom stereocenters. The summed E-state index contributed by atoms with van der Waals surface area (Å²) in [5.41, 5.74) is 0.495. The second-order valence-electron chi connectivity index (χ2n) is 7.16. The normalized spacial score (nSPS) is 21.6. The molecule has 0 heterocycles. The third-order valence-electron chi connectivity index (χ3n) is 4.03. The maximum atomic E-state index is 11.8. The van der Waals surface area contributed by atoms with E-state index in [1.807, 2.05) is 45.0 Å². The fourth-order valence-electron chi connectivity index (χ4n) is 2.95. The third-order valence-corrected chi connectivity index (χ3v) is 4.36. The zero-order valence-electron chi connectivity index (χ0n) is 14.2. The van der Waals surface area contributed by atoms with Gasteiger partial charge >= 0.3 is 6.09 Å². The summed E-state index contributed by atoms with van der Waals surface area (Å²) in [5, 5.41) is 7.19. The van der Waals surface area contributed by atoms with Crippen molar-refractivity contribution in [3.63, 3.8) is 0 Å². The zero-order chi connectivity index (χ0) is 16.9. The van der Waals surface area contributed by atoms with Crippen LogP contribution in [0.15, 0.2) is 24.3 Å². The lowest BCUT2D eigenvalue weighted by Gasteiger charge is -2.33. The molecule has 5 heteroatoms. The SMILES string of the molecule is CC(C)(C)OC(=O)NCC1CCCCC1Nc1ccccc1Cl. The van der Waals surface area contributed by atoms with Gasteiger partial charge in [-0.25, -0.2) is 4.79 Å². The lowest BCUT2D eigenvalue weighted by atomic mass is 9.84. The van der Waals surface area contributed by atoms with Crippen molar-refractivity contribution in [1.82, 2.24) is 5.32 Å². The summed E-state index contributed by atoms with van der Waals surface area (Å²) in [6, 6.07) is 8.11. The fourth-order valence-corrected chi connectivity index (χ4v) is 3.14. The van der Waals surface area contributed by atoms with Crippen LogP contribution in [0.5, 0.6) is 0 Å². The van der Waals surface area contributed by atoms with E-state index in [0.717, 1.165) is 23.6 Å². The number of anilines is 1. The first-order chi connectivity index (χ1) is 10.8. The summed E-state index contributed by atoms with van der Waals surface area (Å²) in [5.74, 6) is 0.382. The molecular weight excluding hydrogens is 312 g/mol. The van der Waals surface area contributed by atoms with Crippen molar-refractivity contribution in [1.29, 1.82) is 0 Å². The van der Waals surface area contributed by atoms with E-state index in [-0.39, 0.29) is 6.09 Å². The van der Waals surface area contributed by atoms with E-state index in [9.17, 15) is 4.79 Å². The maximum Gasteiger partial charge on any atom is 0.407 e. The Hall–Kier alpha value is -1.42. The van der Waals surface area contributed by atoms with Crippen molar-refractivity contribution >= 4 is 23.4 Å². The van der Waals surface area contributed by atoms with Crippen LogP contribution in [0, 0.1) is 5.92 Å². The number of rotatable bonds is 4. The number of amides is 1. The van der Waals surface area contributed by atoms with Gasteiger partial charge in [0.1, 0.15) is 5.60 Å². The number of para-hydroxylation sites is 1. The van der Waals surface area contributed by atoms with Crippen LogP contribution in [0.4, 0.5) is 10.5 Å². The monoisotopic (exact) mass is 338 g/mol. The minimum atomic E-state index is -0.466. The van der Waals surface area contributed by atoms with Crippen LogP contribution in [0.2, 0.25) is 5.02 Å². The van der Waals surface area contributed by atoms with Crippen molar-refractivity contribution in [3.8, 4) is 0 Å². The molecule has 0 saturated heterocycles. The van der Waals surface area contributed by atoms with Gasteiger partial charge in [0, 0.05) is 12.6 Å². The first-order valence-electron chi connectivity index (χ1n) is 8.33. The van der Waals surface area contributed by atoms with E-state index in [2.05, 4.69) is 10.6 Å². The van der Waals surface area contributed by atoms with Gasteiger partial charge in [-0.05, 0) is 51.7 Å². The van der Waals surface area contributed by atoms with Crippen LogP contribution in [0.25, 0.3) is 0 Å². The average molecular weight is 339 g/mol. The molecule has 1 aromatic rings. The Labute approximate surface area is 143 Å². The highest BCUT2D eigenvalue weighted by molar-refractivity contribution is 6.33. The highest BCUT2D eigenvalue weighted by atomic mass is 35.5. The predicted molar refractivity (Wildman–Crippen MR) is 95.1 cm³/mol. The first-order valence-corrected chi connectivity index (χ1v) is 8.71. The van der Waals surface area contributed by atoms with E-state index >= 15 is 0 Å². The molecule has 0 aliphatic heterocycles. The quantitative estimate of drug-likeness (QED) is 0.826. The lowest BCUT2D eigenvalue weighted by Crippen LogP contribution is -2.42. The number of benzene rings is 1. The second kappa shape index (κ2) is 7.91. The van der Waals surface area contributed by atoms with E-state index in [0.29, 0.717) is 18.5 Å². The van der Waals surface area contributed by atoms with Crippen molar-refractivity contribution < 1.29 is 9.53 Å². The van der Waals surface area contributed by atoms with Gasteiger partial charge in [-0.3, -0.25) is 0 Å². The standard InChI is InChI=1S/C18H27ClN2O2/c1-18(2,3)23-17(22)20-12-13-8-4-6-10-15(13)21-16-11-7-5-9-14(16)19/h5,7,9,11,13,15,21H,4,6,8,10,12H2,1-3H3,(H,20,22). The molecule has 0 radical (unpaired) electrons. The Balaban J connectivity index is 1.91. The summed E-state index contributed by atoms with van der Waals surface area (Å²) in [4.78, 5) is 11.8. The van der Waals surface area contributed by atoms with Gasteiger partial charge in [-0.2, -0.15) is 0 Å². The largest absolute Gasteiger partial charge is 0.444 e. The number of nitrogens with one attached hydrogen (secondary N) is 2. The van der Waals surface area contributed by atoms with Crippen LogP contribution >= 0.6 is 11.6 Å². The van der Waals surface area contributed by atoms with Gasteiger partial charge in [-0.1, -0.05) is 36.6 Å². The number of halogens is 1. The Morgan fingerprint density at radius 1 is 1.26 bits per heavy atom. The smallest absolute Gasteiger partial charge is 0.407 e. The Kier molecular flexibility index (Phi) is 6.17. The number of hydrogen-bond acceptors (Lipinski definition) is 3. The molecule has 2 rings (SSSR count). The van der Waals surface area contributed by atoms with Gasteiger partial charge < -0.3 is 15.4 Å². The number of carbonyl (C=O) groups is 1. The summed E-state index contributed by atoms with van der Waals surface area (Å²) < 4.78 is 5.31. The lowest BCUT2D eigenvalue weighted by molar-refractivity contribution is 0.0514. The molecule has 0 bridgehead atoms. The molecule has 0 aromatic heterocycles.